The third-order valence-corrected chi connectivity index (χ3v) is 4.69. The number of rotatable bonds is 4. The van der Waals surface area contributed by atoms with Crippen molar-refractivity contribution in [2.24, 2.45) is 0 Å². The summed E-state index contributed by atoms with van der Waals surface area (Å²) in [6.45, 7) is 2.04. The quantitative estimate of drug-likeness (QED) is 0.755. The number of Topliss-reactive ketones (excluding diaryl/α,β-unsaturated/α-hetero) is 1. The second kappa shape index (κ2) is 6.63. The van der Waals surface area contributed by atoms with E-state index in [0.717, 1.165) is 23.2 Å². The molecule has 6 heteroatoms. The summed E-state index contributed by atoms with van der Waals surface area (Å²) >= 11 is 0. The molecule has 26 heavy (non-hydrogen) atoms. The van der Waals surface area contributed by atoms with Gasteiger partial charge in [-0.05, 0) is 18.9 Å². The van der Waals surface area contributed by atoms with Gasteiger partial charge in [0.25, 0.3) is 5.91 Å². The predicted molar refractivity (Wildman–Crippen MR) is 95.9 cm³/mol. The maximum Gasteiger partial charge on any atom is 0.255 e. The Labute approximate surface area is 150 Å². The number of hydrogen-bond donors (Lipinski definition) is 2. The molecule has 0 saturated heterocycles. The van der Waals surface area contributed by atoms with E-state index in [1.807, 2.05) is 30.3 Å². The van der Waals surface area contributed by atoms with Crippen LogP contribution in [0, 0.1) is 6.92 Å². The van der Waals surface area contributed by atoms with E-state index in [1.54, 1.807) is 13.1 Å². The Morgan fingerprint density at radius 1 is 1.27 bits per heavy atom. The van der Waals surface area contributed by atoms with Gasteiger partial charge in [-0.25, -0.2) is 0 Å². The molecule has 0 saturated carbocycles. The van der Waals surface area contributed by atoms with E-state index < -0.39 is 0 Å². The zero-order valence-corrected chi connectivity index (χ0v) is 14.5. The maximum absolute atomic E-state index is 12.7. The average Bonchev–Trinajstić information content (AvgIpc) is 3.25. The monoisotopic (exact) mass is 349 g/mol. The zero-order valence-electron chi connectivity index (χ0n) is 14.5. The average molecular weight is 349 g/mol. The smallest absolute Gasteiger partial charge is 0.255 e. The van der Waals surface area contributed by atoms with Crippen LogP contribution in [-0.4, -0.2) is 21.9 Å². The van der Waals surface area contributed by atoms with Crippen molar-refractivity contribution in [2.45, 2.75) is 32.7 Å². The van der Waals surface area contributed by atoms with Gasteiger partial charge in [0.05, 0.1) is 23.0 Å². The molecule has 0 spiro atoms. The number of carbonyl (C=O) groups excluding carboxylic acids is 2. The Balaban J connectivity index is 1.56. The molecule has 6 nitrogen and oxygen atoms in total. The van der Waals surface area contributed by atoms with E-state index in [0.29, 0.717) is 42.0 Å². The predicted octanol–water partition coefficient (Wildman–Crippen LogP) is 3.43. The van der Waals surface area contributed by atoms with Gasteiger partial charge >= 0.3 is 0 Å². The highest BCUT2D eigenvalue weighted by Crippen LogP contribution is 2.29. The normalized spacial score (nSPS) is 13.5. The molecule has 0 unspecified atom stereocenters. The molecular formula is C20H19N3O3. The standard InChI is InChI=1S/C20H19N3O3/c1-12-17(18-15(24)8-5-9-16(18)26-12)20(25)21-10-14-11-22-23-19(14)13-6-3-2-4-7-13/h2-4,6-7,11H,5,8-10H2,1H3,(H,21,25)(H,22,23). The minimum atomic E-state index is -0.289. The van der Waals surface area contributed by atoms with Gasteiger partial charge in [-0.1, -0.05) is 30.3 Å². The summed E-state index contributed by atoms with van der Waals surface area (Å²) in [6, 6.07) is 9.81. The van der Waals surface area contributed by atoms with Crippen LogP contribution in [0.2, 0.25) is 0 Å². The van der Waals surface area contributed by atoms with Gasteiger partial charge < -0.3 is 9.73 Å². The van der Waals surface area contributed by atoms with Crippen molar-refractivity contribution in [3.8, 4) is 11.3 Å². The molecule has 2 heterocycles. The van der Waals surface area contributed by atoms with Crippen molar-refractivity contribution in [1.29, 1.82) is 0 Å². The first-order valence-corrected chi connectivity index (χ1v) is 8.66. The molecular weight excluding hydrogens is 330 g/mol. The molecule has 3 aromatic rings. The first kappa shape index (κ1) is 16.3. The first-order valence-electron chi connectivity index (χ1n) is 8.66. The summed E-state index contributed by atoms with van der Waals surface area (Å²) < 4.78 is 5.66. The van der Waals surface area contributed by atoms with E-state index in [4.69, 9.17) is 4.42 Å². The maximum atomic E-state index is 12.7. The number of hydrogen-bond acceptors (Lipinski definition) is 4. The highest BCUT2D eigenvalue weighted by atomic mass is 16.3. The minimum Gasteiger partial charge on any atom is -0.465 e. The highest BCUT2D eigenvalue weighted by molar-refractivity contribution is 6.10. The van der Waals surface area contributed by atoms with Gasteiger partial charge in [0.1, 0.15) is 11.5 Å². The van der Waals surface area contributed by atoms with Gasteiger partial charge in [0, 0.05) is 24.9 Å². The van der Waals surface area contributed by atoms with E-state index >= 15 is 0 Å². The molecule has 0 atom stereocenters. The fourth-order valence-corrected chi connectivity index (χ4v) is 3.44. The fraction of sp³-hybridized carbons (Fsp3) is 0.250. The summed E-state index contributed by atoms with van der Waals surface area (Å²) in [6.07, 6.45) is 3.64. The second-order valence-electron chi connectivity index (χ2n) is 6.43. The lowest BCUT2D eigenvalue weighted by molar-refractivity contribution is 0.0926. The topological polar surface area (TPSA) is 88.0 Å². The molecule has 0 aliphatic heterocycles. The molecule has 0 bridgehead atoms. The van der Waals surface area contributed by atoms with Gasteiger partial charge in [-0.15, -0.1) is 0 Å². The Kier molecular flexibility index (Phi) is 4.16. The van der Waals surface area contributed by atoms with E-state index in [1.165, 1.54) is 0 Å². The first-order chi connectivity index (χ1) is 12.6. The van der Waals surface area contributed by atoms with Crippen LogP contribution >= 0.6 is 0 Å². The number of aromatic amines is 1. The van der Waals surface area contributed by atoms with Crippen LogP contribution in [0.3, 0.4) is 0 Å². The van der Waals surface area contributed by atoms with Gasteiger partial charge in [-0.2, -0.15) is 5.10 Å². The Bertz CT molecular complexity index is 970. The summed E-state index contributed by atoms with van der Waals surface area (Å²) in [7, 11) is 0. The number of ketones is 1. The largest absolute Gasteiger partial charge is 0.465 e. The number of nitrogens with one attached hydrogen (secondary N) is 2. The molecule has 0 radical (unpaired) electrons. The molecule has 1 aliphatic rings. The number of carbonyl (C=O) groups is 2. The second-order valence-corrected chi connectivity index (χ2v) is 6.43. The van der Waals surface area contributed by atoms with Crippen LogP contribution in [0.4, 0.5) is 0 Å². The van der Waals surface area contributed by atoms with Crippen LogP contribution in [0.5, 0.6) is 0 Å². The third-order valence-electron chi connectivity index (χ3n) is 4.69. The van der Waals surface area contributed by atoms with Gasteiger partial charge in [0.2, 0.25) is 0 Å². The van der Waals surface area contributed by atoms with Crippen molar-refractivity contribution in [1.82, 2.24) is 15.5 Å². The highest BCUT2D eigenvalue weighted by Gasteiger charge is 2.30. The van der Waals surface area contributed by atoms with Crippen molar-refractivity contribution in [2.75, 3.05) is 0 Å². The molecule has 2 aromatic heterocycles. The number of fused-ring (bicyclic) bond motifs is 1. The molecule has 132 valence electrons. The summed E-state index contributed by atoms with van der Waals surface area (Å²) in [5.74, 6) is 0.833. The lowest BCUT2D eigenvalue weighted by Crippen LogP contribution is -2.25. The van der Waals surface area contributed by atoms with Crippen LogP contribution in [0.25, 0.3) is 11.3 Å². The Morgan fingerprint density at radius 3 is 2.88 bits per heavy atom. The van der Waals surface area contributed by atoms with Crippen LogP contribution in [0.15, 0.2) is 40.9 Å². The molecule has 1 aromatic carbocycles. The van der Waals surface area contributed by atoms with Gasteiger partial charge in [0.15, 0.2) is 5.78 Å². The summed E-state index contributed by atoms with van der Waals surface area (Å²) in [4.78, 5) is 25.0. The lowest BCUT2D eigenvalue weighted by atomic mass is 9.93. The van der Waals surface area contributed by atoms with Crippen molar-refractivity contribution in [3.63, 3.8) is 0 Å². The summed E-state index contributed by atoms with van der Waals surface area (Å²) in [5, 5.41) is 9.96. The number of aryl methyl sites for hydroxylation is 2. The van der Waals surface area contributed by atoms with Crippen molar-refractivity contribution < 1.29 is 14.0 Å². The Hall–Kier alpha value is -3.15. The van der Waals surface area contributed by atoms with Crippen LogP contribution < -0.4 is 5.32 Å². The number of H-pyrrole nitrogens is 1. The molecule has 4 rings (SSSR count). The number of furan rings is 1. The summed E-state index contributed by atoms with van der Waals surface area (Å²) in [5.41, 5.74) is 3.58. The van der Waals surface area contributed by atoms with E-state index in [9.17, 15) is 9.59 Å². The van der Waals surface area contributed by atoms with Crippen LogP contribution in [-0.2, 0) is 13.0 Å². The fourth-order valence-electron chi connectivity index (χ4n) is 3.44. The van der Waals surface area contributed by atoms with E-state index in [-0.39, 0.29) is 11.7 Å². The molecule has 2 N–H and O–H groups in total. The van der Waals surface area contributed by atoms with Gasteiger partial charge in [-0.3, -0.25) is 14.7 Å². The SMILES string of the molecule is Cc1oc2c(c1C(=O)NCc1cn[nH]c1-c1ccccc1)C(=O)CCC2. The van der Waals surface area contributed by atoms with Crippen molar-refractivity contribution in [3.05, 3.63) is 64.7 Å². The number of aromatic nitrogens is 2. The number of amides is 1. The third kappa shape index (κ3) is 2.83. The Morgan fingerprint density at radius 2 is 2.08 bits per heavy atom. The molecule has 1 aliphatic carbocycles. The number of nitrogens with zero attached hydrogens (tertiary/aromatic N) is 1. The minimum absolute atomic E-state index is 0.0125. The van der Waals surface area contributed by atoms with E-state index in [2.05, 4.69) is 15.5 Å². The van der Waals surface area contributed by atoms with Crippen molar-refractivity contribution >= 4 is 11.7 Å². The lowest BCUT2D eigenvalue weighted by Gasteiger charge is -2.10. The number of benzene rings is 1. The van der Waals surface area contributed by atoms with Crippen LogP contribution in [0.1, 0.15) is 50.6 Å². The molecule has 0 fully saturated rings. The zero-order chi connectivity index (χ0) is 18.1. The molecule has 1 amide bonds.